The third-order valence-corrected chi connectivity index (χ3v) is 4.85. The number of nitrogens with zero attached hydrogens (tertiary/aromatic N) is 3. The Kier molecular flexibility index (Phi) is 5.06. The molecule has 2 heterocycles. The van der Waals surface area contributed by atoms with Crippen molar-refractivity contribution in [3.8, 4) is 34.1 Å². The maximum absolute atomic E-state index is 13.5. The first-order valence-corrected chi connectivity index (χ1v) is 9.37. The van der Waals surface area contributed by atoms with E-state index in [0.717, 1.165) is 5.56 Å². The Morgan fingerprint density at radius 1 is 0.967 bits per heavy atom. The molecule has 0 aliphatic rings. The number of hydrogen-bond acceptors (Lipinski definition) is 4. The Morgan fingerprint density at radius 2 is 1.77 bits per heavy atom. The van der Waals surface area contributed by atoms with E-state index in [2.05, 4.69) is 11.1 Å². The minimum absolute atomic E-state index is 0.0826. The van der Waals surface area contributed by atoms with Gasteiger partial charge in [0, 0.05) is 40.3 Å². The lowest BCUT2D eigenvalue weighted by atomic mass is 9.99. The molecule has 5 nitrogen and oxygen atoms in total. The molecule has 30 heavy (non-hydrogen) atoms. The molecule has 2 aromatic heterocycles. The summed E-state index contributed by atoms with van der Waals surface area (Å²) in [6.45, 7) is 1.49. The van der Waals surface area contributed by atoms with E-state index in [9.17, 15) is 14.9 Å². The second-order valence-corrected chi connectivity index (χ2v) is 6.80. The lowest BCUT2D eigenvalue weighted by Gasteiger charge is -2.13. The molecule has 0 saturated carbocycles. The lowest BCUT2D eigenvalue weighted by Crippen LogP contribution is -2.20. The zero-order valence-electron chi connectivity index (χ0n) is 16.2. The van der Waals surface area contributed by atoms with Crippen molar-refractivity contribution in [2.75, 3.05) is 0 Å². The number of carbonyl (C=O) groups excluding carboxylic acids is 1. The maximum Gasteiger partial charge on any atom is 0.263 e. The lowest BCUT2D eigenvalue weighted by molar-refractivity contribution is 0.101. The predicted octanol–water partition coefficient (Wildman–Crippen LogP) is 4.64. The number of nitriles is 1. The second-order valence-electron chi connectivity index (χ2n) is 6.80. The standard InChI is InChI=1S/C25H17N3O2/c1-17(29)18-8-6-9-21(13-18)28-16-20(24-11-4-5-12-27-24)14-23(25(28)30)22-10-3-2-7-19(22)15-26/h2-14,16H,1H3. The largest absolute Gasteiger partial charge is 0.295 e. The molecule has 0 fully saturated rings. The molecule has 5 heteroatoms. The van der Waals surface area contributed by atoms with Crippen LogP contribution in [0.15, 0.2) is 90.0 Å². The number of Topliss-reactive ketones (excluding diaryl/α,β-unsaturated/α-hetero) is 1. The van der Waals surface area contributed by atoms with Crippen molar-refractivity contribution in [3.63, 3.8) is 0 Å². The summed E-state index contributed by atoms with van der Waals surface area (Å²) >= 11 is 0. The fourth-order valence-corrected chi connectivity index (χ4v) is 3.33. The molecule has 4 aromatic rings. The van der Waals surface area contributed by atoms with Gasteiger partial charge in [0.25, 0.3) is 5.56 Å². The van der Waals surface area contributed by atoms with Crippen LogP contribution in [0.1, 0.15) is 22.8 Å². The summed E-state index contributed by atoms with van der Waals surface area (Å²) in [4.78, 5) is 29.7. The highest BCUT2D eigenvalue weighted by atomic mass is 16.1. The maximum atomic E-state index is 13.5. The van der Waals surface area contributed by atoms with Gasteiger partial charge in [-0.3, -0.25) is 19.1 Å². The minimum Gasteiger partial charge on any atom is -0.295 e. The van der Waals surface area contributed by atoms with Crippen molar-refractivity contribution in [2.24, 2.45) is 0 Å². The van der Waals surface area contributed by atoms with E-state index in [4.69, 9.17) is 0 Å². The third-order valence-electron chi connectivity index (χ3n) is 4.85. The summed E-state index contributed by atoms with van der Waals surface area (Å²) in [7, 11) is 0. The van der Waals surface area contributed by atoms with Crippen molar-refractivity contribution in [1.82, 2.24) is 9.55 Å². The fourth-order valence-electron chi connectivity index (χ4n) is 3.33. The number of pyridine rings is 2. The Hall–Kier alpha value is -4.30. The van der Waals surface area contributed by atoms with Gasteiger partial charge >= 0.3 is 0 Å². The molecular formula is C25H17N3O2. The first kappa shape index (κ1) is 19.0. The first-order valence-electron chi connectivity index (χ1n) is 9.37. The van der Waals surface area contributed by atoms with Gasteiger partial charge < -0.3 is 0 Å². The van der Waals surface area contributed by atoms with Gasteiger partial charge in [-0.05, 0) is 43.3 Å². The smallest absolute Gasteiger partial charge is 0.263 e. The van der Waals surface area contributed by atoms with E-state index in [1.807, 2.05) is 18.2 Å². The molecule has 0 amide bonds. The molecule has 144 valence electrons. The van der Waals surface area contributed by atoms with Crippen LogP contribution in [0.25, 0.3) is 28.1 Å². The summed E-state index contributed by atoms with van der Waals surface area (Å²) in [6, 6.07) is 23.4. The molecule has 0 aliphatic heterocycles. The first-order chi connectivity index (χ1) is 14.6. The number of carbonyl (C=O) groups is 1. The van der Waals surface area contributed by atoms with Crippen LogP contribution in [0.5, 0.6) is 0 Å². The molecule has 0 spiro atoms. The Balaban J connectivity index is 2.04. The summed E-state index contributed by atoms with van der Waals surface area (Å²) < 4.78 is 1.50. The fraction of sp³-hybridized carbons (Fsp3) is 0.0400. The van der Waals surface area contributed by atoms with Gasteiger partial charge in [-0.25, -0.2) is 0 Å². The second kappa shape index (κ2) is 7.98. The number of benzene rings is 2. The molecule has 0 atom stereocenters. The monoisotopic (exact) mass is 391 g/mol. The van der Waals surface area contributed by atoms with Gasteiger partial charge in [-0.1, -0.05) is 36.4 Å². The normalized spacial score (nSPS) is 10.4. The van der Waals surface area contributed by atoms with Crippen LogP contribution in [0.2, 0.25) is 0 Å². The van der Waals surface area contributed by atoms with Crippen LogP contribution < -0.4 is 5.56 Å². The van der Waals surface area contributed by atoms with Crippen LogP contribution in [0.3, 0.4) is 0 Å². The number of ketones is 1. The van der Waals surface area contributed by atoms with Crippen LogP contribution in [0.4, 0.5) is 0 Å². The van der Waals surface area contributed by atoms with Crippen LogP contribution in [-0.2, 0) is 0 Å². The highest BCUT2D eigenvalue weighted by Crippen LogP contribution is 2.26. The molecule has 2 aromatic carbocycles. The van der Waals surface area contributed by atoms with E-state index in [1.165, 1.54) is 11.5 Å². The topological polar surface area (TPSA) is 75.8 Å². The number of aromatic nitrogens is 2. The average molecular weight is 391 g/mol. The molecular weight excluding hydrogens is 374 g/mol. The molecule has 0 N–H and O–H groups in total. The van der Waals surface area contributed by atoms with Crippen LogP contribution >= 0.6 is 0 Å². The zero-order chi connectivity index (χ0) is 21.1. The molecule has 0 radical (unpaired) electrons. The van der Waals surface area contributed by atoms with E-state index >= 15 is 0 Å². The van der Waals surface area contributed by atoms with Crippen molar-refractivity contribution in [1.29, 1.82) is 5.26 Å². The molecule has 0 saturated heterocycles. The number of hydrogen-bond donors (Lipinski definition) is 0. The Morgan fingerprint density at radius 3 is 2.50 bits per heavy atom. The highest BCUT2D eigenvalue weighted by molar-refractivity contribution is 5.94. The van der Waals surface area contributed by atoms with Crippen molar-refractivity contribution in [2.45, 2.75) is 6.92 Å². The number of rotatable bonds is 4. The molecule has 0 aliphatic carbocycles. The average Bonchev–Trinajstić information content (AvgIpc) is 2.80. The van der Waals surface area contributed by atoms with Gasteiger partial charge in [0.15, 0.2) is 5.78 Å². The van der Waals surface area contributed by atoms with Crippen LogP contribution in [-0.4, -0.2) is 15.3 Å². The minimum atomic E-state index is -0.280. The molecule has 0 unspecified atom stereocenters. The van der Waals surface area contributed by atoms with Crippen LogP contribution in [0, 0.1) is 11.3 Å². The van der Waals surface area contributed by atoms with E-state index in [-0.39, 0.29) is 11.3 Å². The highest BCUT2D eigenvalue weighted by Gasteiger charge is 2.15. The summed E-state index contributed by atoms with van der Waals surface area (Å²) in [5.74, 6) is -0.0826. The van der Waals surface area contributed by atoms with E-state index in [1.54, 1.807) is 67.0 Å². The van der Waals surface area contributed by atoms with E-state index in [0.29, 0.717) is 33.6 Å². The third kappa shape index (κ3) is 3.54. The SMILES string of the molecule is CC(=O)c1cccc(-n2cc(-c3ccccn3)cc(-c3ccccc3C#N)c2=O)c1. The van der Waals surface area contributed by atoms with Gasteiger partial charge in [-0.2, -0.15) is 5.26 Å². The van der Waals surface area contributed by atoms with Crippen molar-refractivity contribution in [3.05, 3.63) is 107 Å². The predicted molar refractivity (Wildman–Crippen MR) is 115 cm³/mol. The summed E-state index contributed by atoms with van der Waals surface area (Å²) in [5.41, 5.74) is 3.59. The van der Waals surface area contributed by atoms with Gasteiger partial charge in [0.05, 0.1) is 17.3 Å². The Bertz CT molecular complexity index is 1350. The quantitative estimate of drug-likeness (QED) is 0.475. The van der Waals surface area contributed by atoms with Crippen molar-refractivity contribution >= 4 is 5.78 Å². The van der Waals surface area contributed by atoms with Gasteiger partial charge in [0.1, 0.15) is 0 Å². The summed E-state index contributed by atoms with van der Waals surface area (Å²) in [5, 5.41) is 9.53. The Labute approximate surface area is 173 Å². The van der Waals surface area contributed by atoms with Gasteiger partial charge in [0.2, 0.25) is 0 Å². The summed E-state index contributed by atoms with van der Waals surface area (Å²) in [6.07, 6.45) is 3.40. The van der Waals surface area contributed by atoms with Gasteiger partial charge in [-0.15, -0.1) is 0 Å². The molecule has 0 bridgehead atoms. The van der Waals surface area contributed by atoms with Crippen molar-refractivity contribution < 1.29 is 4.79 Å². The van der Waals surface area contributed by atoms with E-state index < -0.39 is 0 Å². The zero-order valence-corrected chi connectivity index (χ0v) is 16.2. The molecule has 4 rings (SSSR count).